The Morgan fingerprint density at radius 1 is 1.43 bits per heavy atom. The van der Waals surface area contributed by atoms with Gasteiger partial charge in [-0.25, -0.2) is 0 Å². The van der Waals surface area contributed by atoms with Crippen LogP contribution in [0, 0.1) is 6.92 Å². The van der Waals surface area contributed by atoms with Crippen molar-refractivity contribution >= 4 is 18.3 Å². The molecule has 0 radical (unpaired) electrons. The van der Waals surface area contributed by atoms with Gasteiger partial charge in [-0.3, -0.25) is 0 Å². The molecule has 0 aliphatic rings. The molecule has 78 valence electrons. The van der Waals surface area contributed by atoms with Gasteiger partial charge in [0.25, 0.3) is 0 Å². The predicted octanol–water partition coefficient (Wildman–Crippen LogP) is 2.72. The van der Waals surface area contributed by atoms with Gasteiger partial charge >= 0.3 is 0 Å². The summed E-state index contributed by atoms with van der Waals surface area (Å²) in [6.07, 6.45) is 0. The highest BCUT2D eigenvalue weighted by Crippen LogP contribution is 2.23. The monoisotopic (exact) mass is 211 g/mol. The quantitative estimate of drug-likeness (QED) is 0.607. The molecule has 0 unspecified atom stereocenters. The highest BCUT2D eigenvalue weighted by molar-refractivity contribution is 7.80. The van der Waals surface area contributed by atoms with Crippen molar-refractivity contribution in [2.24, 2.45) is 0 Å². The molecule has 0 N–H and O–H groups in total. The number of ether oxygens (including phenoxy) is 1. The van der Waals surface area contributed by atoms with Gasteiger partial charge in [0.05, 0.1) is 12.5 Å². The first-order chi connectivity index (χ1) is 6.69. The Labute approximate surface area is 91.3 Å². The van der Waals surface area contributed by atoms with E-state index >= 15 is 0 Å². The third-order valence-corrected chi connectivity index (χ3v) is 2.54. The summed E-state index contributed by atoms with van der Waals surface area (Å²) < 4.78 is 5.47. The zero-order valence-electron chi connectivity index (χ0n) is 8.95. The molecular weight excluding hydrogens is 194 g/mol. The molecule has 0 saturated carbocycles. The summed E-state index contributed by atoms with van der Waals surface area (Å²) >= 11 is 4.22. The van der Waals surface area contributed by atoms with Crippen LogP contribution in [0.25, 0.3) is 0 Å². The summed E-state index contributed by atoms with van der Waals surface area (Å²) in [6, 6.07) is 6.17. The molecular formula is C11H17NOS. The number of thiol groups is 1. The second-order valence-corrected chi connectivity index (χ2v) is 3.51. The molecule has 0 bridgehead atoms. The molecule has 1 aromatic rings. The number of rotatable bonds is 4. The Kier molecular flexibility index (Phi) is 4.14. The predicted molar refractivity (Wildman–Crippen MR) is 64.6 cm³/mol. The van der Waals surface area contributed by atoms with Gasteiger partial charge in [-0.05, 0) is 37.6 Å². The molecule has 3 heteroatoms. The van der Waals surface area contributed by atoms with Gasteiger partial charge < -0.3 is 9.64 Å². The van der Waals surface area contributed by atoms with Crippen LogP contribution in [0.3, 0.4) is 0 Å². The van der Waals surface area contributed by atoms with Gasteiger partial charge in [-0.15, -0.1) is 0 Å². The van der Waals surface area contributed by atoms with Crippen LogP contribution in [0.4, 0.5) is 5.69 Å². The first-order valence-electron chi connectivity index (χ1n) is 4.74. The van der Waals surface area contributed by atoms with E-state index in [9.17, 15) is 0 Å². The minimum absolute atomic E-state index is 0.711. The average molecular weight is 211 g/mol. The van der Waals surface area contributed by atoms with E-state index in [4.69, 9.17) is 4.74 Å². The van der Waals surface area contributed by atoms with Crippen molar-refractivity contribution < 1.29 is 4.74 Å². The molecule has 0 saturated heterocycles. The van der Waals surface area contributed by atoms with E-state index in [1.807, 2.05) is 26.1 Å². The Morgan fingerprint density at radius 3 is 2.64 bits per heavy atom. The number of anilines is 1. The van der Waals surface area contributed by atoms with Gasteiger partial charge in [0.1, 0.15) is 5.75 Å². The van der Waals surface area contributed by atoms with E-state index in [1.54, 1.807) is 0 Å². The van der Waals surface area contributed by atoms with Gasteiger partial charge in [0.15, 0.2) is 0 Å². The molecule has 2 nitrogen and oxygen atoms in total. The van der Waals surface area contributed by atoms with Gasteiger partial charge in [-0.1, -0.05) is 0 Å². The average Bonchev–Trinajstić information content (AvgIpc) is 2.20. The number of nitrogens with zero attached hydrogens (tertiary/aromatic N) is 1. The smallest absolute Gasteiger partial charge is 0.122 e. The Bertz CT molecular complexity index is 301. The lowest BCUT2D eigenvalue weighted by molar-refractivity contribution is 0.338. The van der Waals surface area contributed by atoms with Crippen LogP contribution in [-0.4, -0.2) is 19.5 Å². The normalized spacial score (nSPS) is 10.0. The first kappa shape index (κ1) is 11.2. The second kappa shape index (κ2) is 5.15. The van der Waals surface area contributed by atoms with Crippen molar-refractivity contribution in [2.45, 2.75) is 13.8 Å². The number of hydrogen-bond acceptors (Lipinski definition) is 3. The molecule has 0 fully saturated rings. The summed E-state index contributed by atoms with van der Waals surface area (Å²) in [7, 11) is 2.02. The fourth-order valence-corrected chi connectivity index (χ4v) is 1.43. The lowest BCUT2D eigenvalue weighted by atomic mass is 10.2. The molecule has 0 heterocycles. The molecule has 1 aromatic carbocycles. The fraction of sp³-hybridized carbons (Fsp3) is 0.455. The van der Waals surface area contributed by atoms with Crippen LogP contribution in [-0.2, 0) is 0 Å². The van der Waals surface area contributed by atoms with E-state index in [1.165, 1.54) is 5.69 Å². The van der Waals surface area contributed by atoms with Crippen LogP contribution >= 0.6 is 12.6 Å². The van der Waals surface area contributed by atoms with E-state index in [0.717, 1.165) is 11.3 Å². The molecule has 14 heavy (non-hydrogen) atoms. The largest absolute Gasteiger partial charge is 0.494 e. The summed E-state index contributed by atoms with van der Waals surface area (Å²) in [5, 5.41) is 0. The van der Waals surface area contributed by atoms with Gasteiger partial charge in [0, 0.05) is 12.7 Å². The van der Waals surface area contributed by atoms with Crippen molar-refractivity contribution in [3.05, 3.63) is 23.8 Å². The maximum atomic E-state index is 5.47. The fourth-order valence-electron chi connectivity index (χ4n) is 1.27. The van der Waals surface area contributed by atoms with E-state index in [0.29, 0.717) is 12.5 Å². The summed E-state index contributed by atoms with van der Waals surface area (Å²) in [4.78, 5) is 2.08. The maximum absolute atomic E-state index is 5.47. The standard InChI is InChI=1S/C11H17NOS/c1-4-13-11-6-5-10(7-9(11)2)12(3)8-14/h5-7,14H,4,8H2,1-3H3. The second-order valence-electron chi connectivity index (χ2n) is 3.22. The zero-order chi connectivity index (χ0) is 10.6. The SMILES string of the molecule is CCOc1ccc(N(C)CS)cc1C. The lowest BCUT2D eigenvalue weighted by Crippen LogP contribution is -2.14. The summed E-state index contributed by atoms with van der Waals surface area (Å²) in [5.41, 5.74) is 2.33. The van der Waals surface area contributed by atoms with Crippen molar-refractivity contribution in [3.8, 4) is 5.75 Å². The number of hydrogen-bond donors (Lipinski definition) is 1. The van der Waals surface area contributed by atoms with Crippen molar-refractivity contribution in [1.29, 1.82) is 0 Å². The molecule has 0 aliphatic carbocycles. The summed E-state index contributed by atoms with van der Waals surface area (Å²) in [5.74, 6) is 1.68. The Hall–Kier alpha value is -0.830. The van der Waals surface area contributed by atoms with Crippen LogP contribution in [0.1, 0.15) is 12.5 Å². The Morgan fingerprint density at radius 2 is 2.14 bits per heavy atom. The number of aryl methyl sites for hydroxylation is 1. The van der Waals surface area contributed by atoms with Crippen LogP contribution in [0.15, 0.2) is 18.2 Å². The molecule has 0 spiro atoms. The van der Waals surface area contributed by atoms with Crippen LogP contribution in [0.2, 0.25) is 0 Å². The van der Waals surface area contributed by atoms with Crippen LogP contribution < -0.4 is 9.64 Å². The first-order valence-corrected chi connectivity index (χ1v) is 5.37. The van der Waals surface area contributed by atoms with Gasteiger partial charge in [0.2, 0.25) is 0 Å². The molecule has 1 rings (SSSR count). The maximum Gasteiger partial charge on any atom is 0.122 e. The third-order valence-electron chi connectivity index (χ3n) is 2.11. The van der Waals surface area contributed by atoms with Crippen molar-refractivity contribution in [1.82, 2.24) is 0 Å². The highest BCUT2D eigenvalue weighted by atomic mass is 32.1. The molecule has 0 aromatic heterocycles. The summed E-state index contributed by atoms with van der Waals surface area (Å²) in [6.45, 7) is 4.76. The third kappa shape index (κ3) is 2.58. The minimum atomic E-state index is 0.711. The van der Waals surface area contributed by atoms with E-state index in [2.05, 4.69) is 30.5 Å². The molecule has 0 atom stereocenters. The van der Waals surface area contributed by atoms with E-state index < -0.39 is 0 Å². The van der Waals surface area contributed by atoms with Crippen LogP contribution in [0.5, 0.6) is 5.75 Å². The topological polar surface area (TPSA) is 12.5 Å². The number of benzene rings is 1. The molecule has 0 aliphatic heterocycles. The zero-order valence-corrected chi connectivity index (χ0v) is 9.84. The highest BCUT2D eigenvalue weighted by Gasteiger charge is 2.02. The Balaban J connectivity index is 2.88. The van der Waals surface area contributed by atoms with Crippen molar-refractivity contribution in [2.75, 3.05) is 24.4 Å². The van der Waals surface area contributed by atoms with Gasteiger partial charge in [-0.2, -0.15) is 12.6 Å². The molecule has 0 amide bonds. The minimum Gasteiger partial charge on any atom is -0.494 e. The van der Waals surface area contributed by atoms with E-state index in [-0.39, 0.29) is 0 Å². The van der Waals surface area contributed by atoms with Crippen molar-refractivity contribution in [3.63, 3.8) is 0 Å². The lowest BCUT2D eigenvalue weighted by Gasteiger charge is -2.17.